The van der Waals surface area contributed by atoms with Crippen LogP contribution in [0.5, 0.6) is 5.75 Å². The van der Waals surface area contributed by atoms with Crippen LogP contribution in [0.2, 0.25) is 0 Å². The van der Waals surface area contributed by atoms with Crippen LogP contribution >= 0.6 is 0 Å². The van der Waals surface area contributed by atoms with E-state index in [9.17, 15) is 14.0 Å². The van der Waals surface area contributed by atoms with Crippen LogP contribution in [0.4, 0.5) is 5.69 Å². The van der Waals surface area contributed by atoms with Crippen molar-refractivity contribution in [3.63, 3.8) is 0 Å². The molecule has 0 atom stereocenters. The molecule has 4 rings (SSSR count). The molecule has 9 nitrogen and oxygen atoms in total. The maximum absolute atomic E-state index is 9.19. The molecule has 10 heteroatoms. The SMILES string of the molecule is CCCC[N+](CCCC)=c1ccc2nc3cc4c(cc3oc-2c1)NCCO4.CO[Cl+3]([O-])([O-])[O-]. The van der Waals surface area contributed by atoms with Crippen molar-refractivity contribution >= 4 is 16.8 Å². The number of benzene rings is 2. The Kier molecular flexibility index (Phi) is 8.87. The third-order valence-electron chi connectivity index (χ3n) is 5.26. The summed E-state index contributed by atoms with van der Waals surface area (Å²) in [7, 11) is -3.38. The molecule has 0 amide bonds. The summed E-state index contributed by atoms with van der Waals surface area (Å²) in [6.07, 6.45) is 4.80. The number of hydrogen-bond donors (Lipinski definition) is 1. The Morgan fingerprint density at radius 2 is 1.79 bits per heavy atom. The molecule has 2 heterocycles. The van der Waals surface area contributed by atoms with Gasteiger partial charge in [-0.1, -0.05) is 26.7 Å². The lowest BCUT2D eigenvalue weighted by Gasteiger charge is -2.19. The van der Waals surface area contributed by atoms with E-state index in [-0.39, 0.29) is 0 Å². The van der Waals surface area contributed by atoms with Crippen molar-refractivity contribution in [3.05, 3.63) is 35.7 Å². The molecule has 3 aliphatic rings. The van der Waals surface area contributed by atoms with E-state index in [1.165, 1.54) is 31.0 Å². The molecule has 180 valence electrons. The Hall–Kier alpha value is -2.43. The molecule has 0 unspecified atom stereocenters. The van der Waals surface area contributed by atoms with E-state index < -0.39 is 10.2 Å². The smallest absolute Gasteiger partial charge is 0.203 e. The van der Waals surface area contributed by atoms with Gasteiger partial charge in [0.2, 0.25) is 5.36 Å². The quantitative estimate of drug-likeness (QED) is 0.385. The number of aromatic nitrogens is 1. The van der Waals surface area contributed by atoms with Gasteiger partial charge in [-0.05, 0) is 6.07 Å². The van der Waals surface area contributed by atoms with Gasteiger partial charge in [-0.2, -0.15) is 14.0 Å². The van der Waals surface area contributed by atoms with Gasteiger partial charge >= 0.3 is 0 Å². The number of anilines is 1. The van der Waals surface area contributed by atoms with Crippen LogP contribution in [-0.2, 0) is 4.29 Å². The summed E-state index contributed by atoms with van der Waals surface area (Å²) in [5.74, 6) is 1.67. The van der Waals surface area contributed by atoms with Gasteiger partial charge in [-0.15, -0.1) is 0 Å². The fourth-order valence-corrected chi connectivity index (χ4v) is 3.51. The lowest BCUT2D eigenvalue weighted by atomic mass is 10.2. The van der Waals surface area contributed by atoms with Gasteiger partial charge in [0.1, 0.15) is 36.7 Å². The molecule has 0 saturated carbocycles. The zero-order valence-electron chi connectivity index (χ0n) is 19.3. The van der Waals surface area contributed by atoms with Gasteiger partial charge < -0.3 is 14.5 Å². The van der Waals surface area contributed by atoms with Crippen LogP contribution in [0, 0.1) is 10.2 Å². The van der Waals surface area contributed by atoms with Gasteiger partial charge in [0.05, 0.1) is 26.3 Å². The topological polar surface area (TPSA) is 129 Å². The molecule has 0 radical (unpaired) electrons. The third kappa shape index (κ3) is 7.02. The number of halogens is 1. The number of ether oxygens (including phenoxy) is 1. The summed E-state index contributed by atoms with van der Waals surface area (Å²) in [6.45, 7) is 8.13. The monoisotopic (exact) mass is 480 g/mol. The summed E-state index contributed by atoms with van der Waals surface area (Å²) < 4.78 is 45.3. The highest BCUT2D eigenvalue weighted by Crippen LogP contribution is 2.33. The first-order valence-corrected chi connectivity index (χ1v) is 12.4. The Morgan fingerprint density at radius 1 is 1.09 bits per heavy atom. The lowest BCUT2D eigenvalue weighted by Crippen LogP contribution is -2.60. The van der Waals surface area contributed by atoms with Crippen molar-refractivity contribution in [3.8, 4) is 17.2 Å². The van der Waals surface area contributed by atoms with E-state index >= 15 is 0 Å². The zero-order chi connectivity index (χ0) is 23.8. The van der Waals surface area contributed by atoms with E-state index in [2.05, 4.69) is 46.2 Å². The van der Waals surface area contributed by atoms with Crippen molar-refractivity contribution in [1.29, 1.82) is 0 Å². The number of hydrogen-bond acceptors (Lipinski definition) is 8. The largest absolute Gasteiger partial charge is 0.490 e. The predicted molar refractivity (Wildman–Crippen MR) is 116 cm³/mol. The summed E-state index contributed by atoms with van der Waals surface area (Å²) >= 11 is 0. The minimum absolute atomic E-state index is 0.679. The fourth-order valence-electron chi connectivity index (χ4n) is 3.51. The summed E-state index contributed by atoms with van der Waals surface area (Å²) in [4.78, 5) is 4.79. The molecule has 0 aromatic heterocycles. The molecular formula is C23H31ClN3O6+. The molecule has 1 aromatic carbocycles. The Bertz CT molecular complexity index is 1090. The van der Waals surface area contributed by atoms with Crippen LogP contribution in [0.1, 0.15) is 39.5 Å². The molecule has 0 saturated heterocycles. The minimum Gasteiger partial charge on any atom is -0.490 e. The van der Waals surface area contributed by atoms with Gasteiger partial charge in [-0.3, -0.25) is 0 Å². The van der Waals surface area contributed by atoms with Crippen LogP contribution in [0.25, 0.3) is 22.6 Å². The Morgan fingerprint density at radius 3 is 2.42 bits per heavy atom. The van der Waals surface area contributed by atoms with Crippen molar-refractivity contribution in [2.45, 2.75) is 39.5 Å². The fraction of sp³-hybridized carbons (Fsp3) is 0.478. The van der Waals surface area contributed by atoms with E-state index in [1.807, 2.05) is 12.1 Å². The second kappa shape index (κ2) is 11.6. The highest BCUT2D eigenvalue weighted by molar-refractivity contribution is 5.83. The summed E-state index contributed by atoms with van der Waals surface area (Å²) in [5, 5.41) is 4.57. The molecule has 0 bridgehead atoms. The van der Waals surface area contributed by atoms with Crippen LogP contribution in [0.3, 0.4) is 0 Å². The van der Waals surface area contributed by atoms with Gasteiger partial charge in [0, 0.05) is 37.6 Å². The first-order valence-electron chi connectivity index (χ1n) is 11.1. The van der Waals surface area contributed by atoms with E-state index in [0.29, 0.717) is 6.61 Å². The summed E-state index contributed by atoms with van der Waals surface area (Å²) in [6, 6.07) is 10.3. The van der Waals surface area contributed by atoms with Crippen LogP contribution in [0.15, 0.2) is 34.7 Å². The highest BCUT2D eigenvalue weighted by atomic mass is 35.7. The minimum atomic E-state index is -4.18. The van der Waals surface area contributed by atoms with Gasteiger partial charge in [0.15, 0.2) is 18.5 Å². The number of nitrogens with one attached hydrogen (secondary N) is 1. The maximum atomic E-state index is 9.19. The van der Waals surface area contributed by atoms with Crippen molar-refractivity contribution in [2.24, 2.45) is 0 Å². The predicted octanol–water partition coefficient (Wildman–Crippen LogP) is 0.639. The Labute approximate surface area is 195 Å². The second-order valence-electron chi connectivity index (χ2n) is 7.68. The van der Waals surface area contributed by atoms with Crippen LogP contribution in [-0.4, -0.2) is 38.3 Å². The zero-order valence-corrected chi connectivity index (χ0v) is 20.0. The average molecular weight is 481 g/mol. The number of rotatable bonds is 7. The summed E-state index contributed by atoms with van der Waals surface area (Å²) in [5.41, 5.74) is 3.46. The molecule has 0 fully saturated rings. The van der Waals surface area contributed by atoms with Gasteiger partial charge in [-0.25, -0.2) is 9.56 Å². The maximum Gasteiger partial charge on any atom is 0.203 e. The number of fused-ring (bicyclic) bond motifs is 3. The molecule has 33 heavy (non-hydrogen) atoms. The third-order valence-corrected chi connectivity index (χ3v) is 5.64. The standard InChI is InChI=1S/C22H27N3O2.CH3ClO4/c1-3-5-10-25(11-6-4-2)16-7-8-17-21(13-16)27-22-14-18-20(15-19(22)24-17)26-12-9-23-18;1-6-2(3,4)5/h7-8,13-15H,3-6,9-12H2,1-2H3;1H3/p+1. The molecule has 2 aliphatic heterocycles. The number of unbranched alkanes of at least 4 members (excludes halogenated alkanes) is 2. The molecule has 0 spiro atoms. The van der Waals surface area contributed by atoms with Crippen molar-refractivity contribution in [2.75, 3.05) is 38.7 Å². The van der Waals surface area contributed by atoms with Crippen molar-refractivity contribution < 1.29 is 37.7 Å². The van der Waals surface area contributed by atoms with E-state index in [4.69, 9.17) is 14.1 Å². The second-order valence-corrected chi connectivity index (χ2v) is 8.75. The van der Waals surface area contributed by atoms with Gasteiger partial charge in [0.25, 0.3) is 0 Å². The lowest BCUT2D eigenvalue weighted by molar-refractivity contribution is -1.92. The van der Waals surface area contributed by atoms with E-state index in [0.717, 1.165) is 60.7 Å². The number of nitrogens with zero attached hydrogens (tertiary/aromatic N) is 2. The average Bonchev–Trinajstić information content (AvgIpc) is 2.81. The van der Waals surface area contributed by atoms with Crippen LogP contribution < -0.4 is 34.0 Å². The first kappa shape index (κ1) is 25.2. The molecule has 1 N–H and O–H groups in total. The Balaban J connectivity index is 0.000000454. The normalized spacial score (nSPS) is 13.0. The van der Waals surface area contributed by atoms with E-state index in [1.54, 1.807) is 0 Å². The molecule has 1 aromatic rings. The highest BCUT2D eigenvalue weighted by Gasteiger charge is 2.16. The van der Waals surface area contributed by atoms with Crippen molar-refractivity contribution in [1.82, 2.24) is 9.56 Å². The molecule has 1 aliphatic carbocycles. The first-order chi connectivity index (χ1) is 15.8. The molecular weight excluding hydrogens is 450 g/mol.